The molecule has 0 radical (unpaired) electrons. The number of carbonyl (C=O) groups excluding carboxylic acids is 4. The van der Waals surface area contributed by atoms with Crippen LogP contribution in [0.15, 0.2) is 23.3 Å². The second-order valence-corrected chi connectivity index (χ2v) is 21.1. The van der Waals surface area contributed by atoms with Crippen molar-refractivity contribution in [3.63, 3.8) is 0 Å². The largest absolute Gasteiger partial charge is 0.393 e. The average Bonchev–Trinajstić information content (AvgIpc) is 3.68. The summed E-state index contributed by atoms with van der Waals surface area (Å²) < 4.78 is 29.7. The lowest BCUT2D eigenvalue weighted by Gasteiger charge is -2.63. The molecule has 0 aromatic heterocycles. The molecule has 58 heavy (non-hydrogen) atoms. The normalized spacial score (nSPS) is 50.8. The van der Waals surface area contributed by atoms with E-state index in [1.165, 1.54) is 5.57 Å². The van der Waals surface area contributed by atoms with Crippen molar-refractivity contribution in [1.29, 1.82) is 0 Å². The molecule has 4 N–H and O–H groups in total. The number of carbonyl (C=O) groups is 4. The lowest BCUT2D eigenvalue weighted by molar-refractivity contribution is -0.250. The number of aliphatic hydroxyl groups excluding tert-OH is 3. The maximum atomic E-state index is 17.2. The first-order valence-electron chi connectivity index (χ1n) is 21.4. The maximum Gasteiger partial charge on any atom is 0.190 e. The van der Waals surface area contributed by atoms with E-state index in [1.807, 2.05) is 20.8 Å². The monoisotopic (exact) mass is 852 g/mol. The molecule has 13 heteroatoms. The third-order valence-corrected chi connectivity index (χ3v) is 18.5. The van der Waals surface area contributed by atoms with E-state index >= 15 is 4.39 Å². The van der Waals surface area contributed by atoms with Gasteiger partial charge in [0.2, 0.25) is 0 Å². The molecule has 0 aromatic rings. The smallest absolute Gasteiger partial charge is 0.190 e. The van der Waals surface area contributed by atoms with Gasteiger partial charge in [-0.3, -0.25) is 19.2 Å². The van der Waals surface area contributed by atoms with Gasteiger partial charge in [0, 0.05) is 35.0 Å². The van der Waals surface area contributed by atoms with Gasteiger partial charge in [-0.25, -0.2) is 4.39 Å². The van der Waals surface area contributed by atoms with Crippen molar-refractivity contribution in [3.8, 4) is 0 Å². The summed E-state index contributed by atoms with van der Waals surface area (Å²) in [6, 6.07) is 0. The predicted octanol–water partition coefficient (Wildman–Crippen LogP) is 6.09. The molecule has 0 aromatic carbocycles. The fraction of sp³-hybridized carbons (Fsp3) is 0.822. The molecular formula is C45H63Cl2FO10. The second-order valence-electron chi connectivity index (χ2n) is 20.8. The lowest BCUT2D eigenvalue weighted by Crippen LogP contribution is -2.70. The summed E-state index contributed by atoms with van der Waals surface area (Å²) in [4.78, 5) is 49.6. The fourth-order valence-electron chi connectivity index (χ4n) is 15.5. The standard InChI is InChI=1S/C24H32ClFO5.C21H30O5.ClH/c1-20(2)30-19-10-16-15-6-5-13-9-14(27)7-8-21(13,3)23(15,26)17(28)11-22(16,4)24(19,31-20)18(29)12-25;1-19-7-5-13(23)9-12(19)3-4-14-15-6-8-21(26,17(25)11-22)20(15,2)10-16(24)18(14)19;/h9,15-17,19,28H,5-8,10-12H2,1-4H3;9,14-16,18,22,24,26H,3-8,10-11H2,1-2H3;1H/t15-,16-,17-,19+,21-,22-,23-,24+;14-,15-,16-,18+,19-,20-,21-;/m00./s1. The molecule has 9 rings (SSSR count). The highest BCUT2D eigenvalue weighted by Gasteiger charge is 2.80. The zero-order valence-electron chi connectivity index (χ0n) is 34.8. The van der Waals surface area contributed by atoms with E-state index in [0.717, 1.165) is 31.3 Å². The van der Waals surface area contributed by atoms with Gasteiger partial charge in [-0.05, 0) is 126 Å². The fourth-order valence-corrected chi connectivity index (χ4v) is 15.7. The topological polar surface area (TPSA) is 168 Å². The molecule has 324 valence electrons. The van der Waals surface area contributed by atoms with Crippen LogP contribution >= 0.6 is 24.0 Å². The van der Waals surface area contributed by atoms with Crippen LogP contribution in [0.3, 0.4) is 0 Å². The molecule has 0 amide bonds. The van der Waals surface area contributed by atoms with Crippen LogP contribution in [0.1, 0.15) is 125 Å². The molecule has 0 bridgehead atoms. The number of ketones is 4. The first kappa shape index (κ1) is 44.5. The Kier molecular flexibility index (Phi) is 10.9. The molecule has 0 unspecified atom stereocenters. The third-order valence-electron chi connectivity index (χ3n) is 18.2. The van der Waals surface area contributed by atoms with Gasteiger partial charge in [0.15, 0.2) is 34.5 Å². The van der Waals surface area contributed by atoms with Gasteiger partial charge in [-0.2, -0.15) is 0 Å². The predicted molar refractivity (Wildman–Crippen MR) is 215 cm³/mol. The van der Waals surface area contributed by atoms with Gasteiger partial charge in [-0.1, -0.05) is 38.8 Å². The molecule has 10 nitrogen and oxygen atoms in total. The van der Waals surface area contributed by atoms with Gasteiger partial charge < -0.3 is 29.9 Å². The van der Waals surface area contributed by atoms with E-state index < -0.39 is 75.5 Å². The first-order valence-corrected chi connectivity index (χ1v) is 21.9. The zero-order valence-corrected chi connectivity index (χ0v) is 36.4. The number of Topliss-reactive ketones (excluding diaryl/α,β-unsaturated/α-hetero) is 2. The Hall–Kier alpha value is -1.57. The van der Waals surface area contributed by atoms with Gasteiger partial charge in [-0.15, -0.1) is 24.0 Å². The van der Waals surface area contributed by atoms with Crippen molar-refractivity contribution in [1.82, 2.24) is 0 Å². The summed E-state index contributed by atoms with van der Waals surface area (Å²) in [5.74, 6) is -1.88. The van der Waals surface area contributed by atoms with Crippen molar-refractivity contribution in [2.45, 2.75) is 166 Å². The van der Waals surface area contributed by atoms with E-state index in [-0.39, 0.29) is 71.1 Å². The molecule has 1 aliphatic heterocycles. The van der Waals surface area contributed by atoms with Crippen molar-refractivity contribution in [2.75, 3.05) is 12.5 Å². The Morgan fingerprint density at radius 2 is 1.47 bits per heavy atom. The van der Waals surface area contributed by atoms with E-state index in [2.05, 4.69) is 6.92 Å². The summed E-state index contributed by atoms with van der Waals surface area (Å²) in [5, 5.41) is 43.2. The van der Waals surface area contributed by atoms with E-state index in [1.54, 1.807) is 26.0 Å². The van der Waals surface area contributed by atoms with Gasteiger partial charge in [0.1, 0.15) is 17.9 Å². The Balaban J connectivity index is 0.000000176. The quantitative estimate of drug-likeness (QED) is 0.243. The summed E-state index contributed by atoms with van der Waals surface area (Å²) in [6.07, 6.45) is 8.01. The number of ether oxygens (including phenoxy) is 2. The van der Waals surface area contributed by atoms with Crippen molar-refractivity contribution >= 4 is 47.1 Å². The van der Waals surface area contributed by atoms with Crippen LogP contribution in [0, 0.1) is 51.2 Å². The summed E-state index contributed by atoms with van der Waals surface area (Å²) in [7, 11) is 0. The van der Waals surface area contributed by atoms with Crippen LogP contribution < -0.4 is 0 Å². The number of halogens is 3. The number of hydrogen-bond acceptors (Lipinski definition) is 10. The van der Waals surface area contributed by atoms with Crippen molar-refractivity contribution in [2.24, 2.45) is 51.2 Å². The Morgan fingerprint density at radius 3 is 2.12 bits per heavy atom. The highest BCUT2D eigenvalue weighted by atomic mass is 35.5. The summed E-state index contributed by atoms with van der Waals surface area (Å²) in [6.45, 7) is 10.8. The Morgan fingerprint density at radius 1 is 0.828 bits per heavy atom. The van der Waals surface area contributed by atoms with Gasteiger partial charge in [0.05, 0.1) is 24.2 Å². The number of fused-ring (bicyclic) bond motifs is 12. The Bertz CT molecular complexity index is 1830. The van der Waals surface area contributed by atoms with Crippen LogP contribution in [0.2, 0.25) is 0 Å². The molecule has 1 saturated heterocycles. The molecule has 1 heterocycles. The molecular weight excluding hydrogens is 790 g/mol. The van der Waals surface area contributed by atoms with E-state index in [0.29, 0.717) is 51.4 Å². The summed E-state index contributed by atoms with van der Waals surface area (Å²) in [5.41, 5.74) is -5.23. The van der Waals surface area contributed by atoms with Crippen LogP contribution in [0.4, 0.5) is 4.39 Å². The SMILES string of the molecule is CC1(C)O[C@@H]2C[C@H]3[C@@H]4CCC5=CC(=O)CC[C@]5(C)[C@@]4(F)[C@@H](O)C[C@]3(C)[C@]2(C(=O)CCl)O1.C[C@]12CCC(=O)C=C1CC[C@@H]1[C@@H]2[C@@H](O)C[C@@]2(C)[C@H]1CC[C@]2(O)C(=O)CO.Cl. The van der Waals surface area contributed by atoms with Crippen molar-refractivity contribution in [3.05, 3.63) is 23.3 Å². The molecule has 6 saturated carbocycles. The minimum Gasteiger partial charge on any atom is -0.393 e. The van der Waals surface area contributed by atoms with Crippen LogP contribution in [-0.2, 0) is 28.7 Å². The number of aliphatic hydroxyl groups is 4. The van der Waals surface area contributed by atoms with Crippen LogP contribution in [-0.4, -0.2) is 97.0 Å². The van der Waals surface area contributed by atoms with Gasteiger partial charge >= 0.3 is 0 Å². The highest BCUT2D eigenvalue weighted by Crippen LogP contribution is 2.73. The van der Waals surface area contributed by atoms with Crippen LogP contribution in [0.25, 0.3) is 0 Å². The van der Waals surface area contributed by atoms with Gasteiger partial charge in [0.25, 0.3) is 0 Å². The lowest BCUT2D eigenvalue weighted by atomic mass is 9.44. The number of allylic oxidation sites excluding steroid dienone is 2. The maximum absolute atomic E-state index is 17.2. The number of alkyl halides is 2. The average molecular weight is 854 g/mol. The zero-order chi connectivity index (χ0) is 41.5. The molecule has 7 fully saturated rings. The number of rotatable bonds is 4. The third kappa shape index (κ3) is 5.61. The Labute approximate surface area is 352 Å². The highest BCUT2D eigenvalue weighted by molar-refractivity contribution is 6.29. The second kappa shape index (κ2) is 14.2. The molecule has 9 aliphatic rings. The molecule has 0 spiro atoms. The van der Waals surface area contributed by atoms with Crippen molar-refractivity contribution < 1.29 is 53.5 Å². The van der Waals surface area contributed by atoms with Crippen LogP contribution in [0.5, 0.6) is 0 Å². The molecule has 15 atom stereocenters. The minimum absolute atomic E-state index is 0. The minimum atomic E-state index is -1.86. The van der Waals surface area contributed by atoms with E-state index in [9.17, 15) is 39.6 Å². The summed E-state index contributed by atoms with van der Waals surface area (Å²) >= 11 is 6.05. The number of hydrogen-bond donors (Lipinski definition) is 4. The van der Waals surface area contributed by atoms with E-state index in [4.69, 9.17) is 21.1 Å². The molecule has 8 aliphatic carbocycles. The first-order chi connectivity index (χ1) is 26.5.